The van der Waals surface area contributed by atoms with Gasteiger partial charge in [0.1, 0.15) is 0 Å². The van der Waals surface area contributed by atoms with E-state index in [9.17, 15) is 0 Å². The van der Waals surface area contributed by atoms with E-state index in [1.165, 1.54) is 22.4 Å². The average Bonchev–Trinajstić information content (AvgIpc) is 2.66. The maximum Gasteiger partial charge on any atom is -0.00476 e. The van der Waals surface area contributed by atoms with Gasteiger partial charge in [-0.05, 0) is 55.7 Å². The molecule has 0 heterocycles. The smallest absolute Gasteiger partial charge is 0.00476 e. The Morgan fingerprint density at radius 3 is 2.32 bits per heavy atom. The first-order valence-corrected chi connectivity index (χ1v) is 10.2. The van der Waals surface area contributed by atoms with Gasteiger partial charge in [-0.2, -0.15) is 0 Å². The third kappa shape index (κ3) is 7.03. The van der Waals surface area contributed by atoms with Crippen molar-refractivity contribution in [3.05, 3.63) is 102 Å². The molecule has 0 saturated carbocycles. The van der Waals surface area contributed by atoms with E-state index in [0.717, 1.165) is 25.4 Å². The molecule has 2 aromatic carbocycles. The number of hydrogen-bond donors (Lipinski definition) is 1. The van der Waals surface area contributed by atoms with Crippen LogP contribution in [0.3, 0.4) is 0 Å². The zero-order chi connectivity index (χ0) is 17.7. The Hall–Kier alpha value is -2.24. The van der Waals surface area contributed by atoms with Gasteiger partial charge in [0.15, 0.2) is 0 Å². The second kappa shape index (κ2) is 11.3. The summed E-state index contributed by atoms with van der Waals surface area (Å²) in [5.41, 5.74) is 1.32. The van der Waals surface area contributed by atoms with E-state index in [0.29, 0.717) is 0 Å². The minimum Gasteiger partial charge on any atom is -0.313 e. The molecule has 0 fully saturated rings. The van der Waals surface area contributed by atoms with E-state index >= 15 is 0 Å². The predicted octanol–water partition coefficient (Wildman–Crippen LogP) is 6.09. The highest BCUT2D eigenvalue weighted by Gasteiger charge is 2.11. The van der Waals surface area contributed by atoms with Crippen molar-refractivity contribution in [3.8, 4) is 0 Å². The van der Waals surface area contributed by atoms with Crippen molar-refractivity contribution in [3.63, 3.8) is 0 Å². The summed E-state index contributed by atoms with van der Waals surface area (Å²) in [7, 11) is -0.412. The van der Waals surface area contributed by atoms with Gasteiger partial charge < -0.3 is 5.41 Å². The lowest BCUT2D eigenvalue weighted by Gasteiger charge is -2.18. The van der Waals surface area contributed by atoms with Crippen LogP contribution in [-0.4, -0.2) is 12.4 Å². The molecule has 0 spiro atoms. The van der Waals surface area contributed by atoms with Gasteiger partial charge in [0.25, 0.3) is 0 Å². The van der Waals surface area contributed by atoms with Crippen LogP contribution in [0.5, 0.6) is 0 Å². The third-order valence-electron chi connectivity index (χ3n) is 3.88. The molecule has 1 unspecified atom stereocenters. The molecule has 1 atom stereocenters. The molecule has 0 aliphatic heterocycles. The van der Waals surface area contributed by atoms with Gasteiger partial charge in [-0.15, -0.1) is 0 Å². The van der Waals surface area contributed by atoms with Gasteiger partial charge in [-0.25, -0.2) is 0 Å². The van der Waals surface area contributed by atoms with Crippen LogP contribution in [0, 0.1) is 5.41 Å². The van der Waals surface area contributed by atoms with Crippen molar-refractivity contribution >= 4 is 19.4 Å². The monoisotopic (exact) mass is 347 g/mol. The maximum absolute atomic E-state index is 7.22. The molecule has 2 rings (SSSR count). The number of unbranched alkanes of at least 4 members (excludes halogenated alkanes) is 1. The third-order valence-corrected chi connectivity index (χ3v) is 6.40. The van der Waals surface area contributed by atoms with Crippen molar-refractivity contribution < 1.29 is 0 Å². The van der Waals surface area contributed by atoms with E-state index in [4.69, 9.17) is 5.41 Å². The van der Waals surface area contributed by atoms with Crippen LogP contribution < -0.4 is 5.30 Å². The zero-order valence-corrected chi connectivity index (χ0v) is 15.5. The second-order valence-corrected chi connectivity index (χ2v) is 8.20. The summed E-state index contributed by atoms with van der Waals surface area (Å²) >= 11 is 0. The van der Waals surface area contributed by atoms with E-state index in [1.807, 2.05) is 6.07 Å². The van der Waals surface area contributed by atoms with Crippen molar-refractivity contribution in [1.82, 2.24) is 0 Å². The molecule has 1 nitrogen and oxygen atoms in total. The van der Waals surface area contributed by atoms with Gasteiger partial charge in [0, 0.05) is 0 Å². The lowest BCUT2D eigenvalue weighted by molar-refractivity contribution is 1.01. The fraction of sp³-hybridized carbons (Fsp3) is 0.174. The van der Waals surface area contributed by atoms with E-state index in [1.54, 1.807) is 0 Å². The lowest BCUT2D eigenvalue weighted by atomic mass is 10.1. The first-order chi connectivity index (χ1) is 12.3. The van der Waals surface area contributed by atoms with E-state index < -0.39 is 7.92 Å². The minimum atomic E-state index is -0.412. The topological polar surface area (TPSA) is 23.9 Å². The number of allylic oxidation sites excluding steroid dienone is 5. The fourth-order valence-electron chi connectivity index (χ4n) is 2.55. The van der Waals surface area contributed by atoms with Crippen molar-refractivity contribution in [2.24, 2.45) is 0 Å². The average molecular weight is 347 g/mol. The standard InChI is InChI=1S/C23H26NP/c1-21(13-5-2-6-14-22-15-7-3-8-16-22)25(20-12-11-19-24)23-17-9-4-10-18-23/h2-10,13,15-19,24H,1,11-12,14,20H2/b6-2-,13-5-,24-19?. The summed E-state index contributed by atoms with van der Waals surface area (Å²) in [6.07, 6.45) is 14.0. The number of rotatable bonds is 10. The SMILES string of the molecule is C=C(/C=C\C=C/Cc1ccccc1)P(CCCC=N)c1ccccc1. The Kier molecular flexibility index (Phi) is 8.66. The highest BCUT2D eigenvalue weighted by atomic mass is 31.1. The van der Waals surface area contributed by atoms with Gasteiger partial charge >= 0.3 is 0 Å². The van der Waals surface area contributed by atoms with Gasteiger partial charge in [-0.1, -0.05) is 91.5 Å². The molecule has 0 radical (unpaired) electrons. The van der Waals surface area contributed by atoms with Crippen LogP contribution in [0.1, 0.15) is 18.4 Å². The van der Waals surface area contributed by atoms with Crippen LogP contribution >= 0.6 is 7.92 Å². The molecular formula is C23H26NP. The van der Waals surface area contributed by atoms with Crippen molar-refractivity contribution in [1.29, 1.82) is 5.41 Å². The number of benzene rings is 2. The van der Waals surface area contributed by atoms with Gasteiger partial charge in [-0.3, -0.25) is 0 Å². The molecule has 25 heavy (non-hydrogen) atoms. The van der Waals surface area contributed by atoms with Crippen LogP contribution in [0.25, 0.3) is 0 Å². The van der Waals surface area contributed by atoms with Crippen LogP contribution in [0.2, 0.25) is 0 Å². The summed E-state index contributed by atoms with van der Waals surface area (Å²) in [4.78, 5) is 0. The normalized spacial score (nSPS) is 12.5. The Balaban J connectivity index is 1.94. The summed E-state index contributed by atoms with van der Waals surface area (Å²) in [6.45, 7) is 4.32. The first-order valence-electron chi connectivity index (χ1n) is 8.69. The summed E-state index contributed by atoms with van der Waals surface area (Å²) in [6, 6.07) is 21.1. The highest BCUT2D eigenvalue weighted by molar-refractivity contribution is 7.69. The molecule has 0 aromatic heterocycles. The van der Waals surface area contributed by atoms with E-state index in [2.05, 4.69) is 85.5 Å². The molecule has 0 aliphatic carbocycles. The number of nitrogens with one attached hydrogen (secondary N) is 1. The largest absolute Gasteiger partial charge is 0.313 e. The van der Waals surface area contributed by atoms with Crippen LogP contribution in [0.4, 0.5) is 0 Å². The molecule has 0 amide bonds. The Bertz CT molecular complexity index is 701. The minimum absolute atomic E-state index is 0.412. The lowest BCUT2D eigenvalue weighted by Crippen LogP contribution is -2.04. The maximum atomic E-state index is 7.22. The Morgan fingerprint density at radius 2 is 1.64 bits per heavy atom. The van der Waals surface area contributed by atoms with Crippen molar-refractivity contribution in [2.75, 3.05) is 6.16 Å². The fourth-order valence-corrected chi connectivity index (χ4v) is 4.73. The van der Waals surface area contributed by atoms with Gasteiger partial charge in [0.2, 0.25) is 0 Å². The molecule has 0 saturated heterocycles. The molecule has 128 valence electrons. The van der Waals surface area contributed by atoms with Gasteiger partial charge in [0.05, 0.1) is 0 Å². The molecule has 0 bridgehead atoms. The number of hydrogen-bond acceptors (Lipinski definition) is 1. The van der Waals surface area contributed by atoms with Crippen LogP contribution in [-0.2, 0) is 6.42 Å². The molecule has 2 heteroatoms. The van der Waals surface area contributed by atoms with E-state index in [-0.39, 0.29) is 0 Å². The van der Waals surface area contributed by atoms with Crippen LogP contribution in [0.15, 0.2) is 96.9 Å². The Morgan fingerprint density at radius 1 is 0.960 bits per heavy atom. The second-order valence-electron chi connectivity index (χ2n) is 5.80. The highest BCUT2D eigenvalue weighted by Crippen LogP contribution is 2.44. The summed E-state index contributed by atoms with van der Waals surface area (Å²) < 4.78 is 0. The summed E-state index contributed by atoms with van der Waals surface area (Å²) in [5, 5.41) is 9.78. The van der Waals surface area contributed by atoms with Crippen molar-refractivity contribution in [2.45, 2.75) is 19.3 Å². The molecular weight excluding hydrogens is 321 g/mol. The molecule has 1 N–H and O–H groups in total. The summed E-state index contributed by atoms with van der Waals surface area (Å²) in [5.74, 6) is 0. The predicted molar refractivity (Wildman–Crippen MR) is 113 cm³/mol. The quantitative estimate of drug-likeness (QED) is 0.233. The molecule has 2 aromatic rings. The zero-order valence-electron chi connectivity index (χ0n) is 14.6. The first kappa shape index (κ1) is 19.1. The Labute approximate surface area is 153 Å². The molecule has 0 aliphatic rings.